The van der Waals surface area contributed by atoms with E-state index in [0.717, 1.165) is 63.5 Å². The Bertz CT molecular complexity index is 845. The first-order valence-corrected chi connectivity index (χ1v) is 14.1. The second kappa shape index (κ2) is 9.40. The third kappa shape index (κ3) is 5.12. The SMILES string of the molecule is O=S(=O)(CC1CCC1)N[C@H]1CCCC2COc3ccccc3[C@H]3CC[C@H](CC3)OC[C@H]21. The van der Waals surface area contributed by atoms with Gasteiger partial charge in [-0.25, -0.2) is 13.1 Å². The second-order valence-electron chi connectivity index (χ2n) is 10.3. The van der Waals surface area contributed by atoms with Crippen LogP contribution in [-0.2, 0) is 14.8 Å². The van der Waals surface area contributed by atoms with Crippen molar-refractivity contribution in [1.82, 2.24) is 4.72 Å². The third-order valence-corrected chi connectivity index (χ3v) is 9.81. The molecule has 2 heterocycles. The van der Waals surface area contributed by atoms with E-state index in [1.54, 1.807) is 0 Å². The van der Waals surface area contributed by atoms with Gasteiger partial charge in [-0.15, -0.1) is 0 Å². The molecule has 5 nitrogen and oxygen atoms in total. The summed E-state index contributed by atoms with van der Waals surface area (Å²) in [6.07, 6.45) is 11.0. The van der Waals surface area contributed by atoms with Gasteiger partial charge < -0.3 is 9.47 Å². The molecule has 31 heavy (non-hydrogen) atoms. The lowest BCUT2D eigenvalue weighted by Gasteiger charge is -2.40. The lowest BCUT2D eigenvalue weighted by molar-refractivity contribution is -0.0298. The highest BCUT2D eigenvalue weighted by Gasteiger charge is 2.38. The molecule has 1 aromatic carbocycles. The molecule has 3 fully saturated rings. The number of fused-ring (bicyclic) bond motifs is 4. The summed E-state index contributed by atoms with van der Waals surface area (Å²) >= 11 is 0. The highest BCUT2D eigenvalue weighted by Crippen LogP contribution is 2.41. The molecule has 6 rings (SSSR count). The fourth-order valence-electron chi connectivity index (χ4n) is 6.14. The molecular formula is C25H37NO4S. The van der Waals surface area contributed by atoms with Crippen LogP contribution in [-0.4, -0.2) is 39.5 Å². The van der Waals surface area contributed by atoms with Gasteiger partial charge in [0, 0.05) is 12.0 Å². The number of nitrogens with one attached hydrogen (secondary N) is 1. The minimum Gasteiger partial charge on any atom is -0.493 e. The van der Waals surface area contributed by atoms with Crippen LogP contribution in [0.1, 0.15) is 75.7 Å². The van der Waals surface area contributed by atoms with Gasteiger partial charge in [-0.3, -0.25) is 0 Å². The molecule has 1 unspecified atom stereocenters. The summed E-state index contributed by atoms with van der Waals surface area (Å²) in [5.74, 6) is 2.71. The molecule has 0 aromatic heterocycles. The average molecular weight is 448 g/mol. The van der Waals surface area contributed by atoms with Crippen LogP contribution in [0.4, 0.5) is 0 Å². The first kappa shape index (κ1) is 21.7. The zero-order valence-electron chi connectivity index (χ0n) is 18.5. The Morgan fingerprint density at radius 2 is 1.68 bits per heavy atom. The number of ether oxygens (including phenoxy) is 2. The second-order valence-corrected chi connectivity index (χ2v) is 12.1. The molecule has 0 saturated heterocycles. The predicted octanol–water partition coefficient (Wildman–Crippen LogP) is 4.63. The first-order valence-electron chi connectivity index (χ1n) is 12.4. The zero-order valence-corrected chi connectivity index (χ0v) is 19.3. The van der Waals surface area contributed by atoms with Crippen LogP contribution in [0, 0.1) is 17.8 Å². The highest BCUT2D eigenvalue weighted by atomic mass is 32.2. The van der Waals surface area contributed by atoms with Crippen LogP contribution in [0.15, 0.2) is 24.3 Å². The summed E-state index contributed by atoms with van der Waals surface area (Å²) in [6, 6.07) is 8.48. The van der Waals surface area contributed by atoms with Gasteiger partial charge in [0.1, 0.15) is 5.75 Å². The van der Waals surface area contributed by atoms with E-state index in [1.165, 1.54) is 12.0 Å². The van der Waals surface area contributed by atoms with Gasteiger partial charge in [-0.05, 0) is 80.8 Å². The summed E-state index contributed by atoms with van der Waals surface area (Å²) in [5, 5.41) is 0. The van der Waals surface area contributed by atoms with Gasteiger partial charge in [0.25, 0.3) is 0 Å². The van der Waals surface area contributed by atoms with Crippen LogP contribution in [0.5, 0.6) is 5.75 Å². The number of para-hydroxylation sites is 1. The summed E-state index contributed by atoms with van der Waals surface area (Å²) < 4.78 is 41.7. The monoisotopic (exact) mass is 447 g/mol. The Morgan fingerprint density at radius 3 is 2.45 bits per heavy atom. The Balaban J connectivity index is 1.34. The maximum atomic E-state index is 12.9. The van der Waals surface area contributed by atoms with Gasteiger partial charge in [0.15, 0.2) is 0 Å². The van der Waals surface area contributed by atoms with Crippen LogP contribution in [0.2, 0.25) is 0 Å². The van der Waals surface area contributed by atoms with Crippen molar-refractivity contribution in [1.29, 1.82) is 0 Å². The number of rotatable bonds is 4. The molecule has 3 saturated carbocycles. The molecule has 0 radical (unpaired) electrons. The number of hydrogen-bond acceptors (Lipinski definition) is 4. The molecule has 5 aliphatic rings. The van der Waals surface area contributed by atoms with Crippen LogP contribution in [0.3, 0.4) is 0 Å². The molecule has 3 atom stereocenters. The maximum absolute atomic E-state index is 12.9. The van der Waals surface area contributed by atoms with E-state index in [-0.39, 0.29) is 17.7 Å². The zero-order chi connectivity index (χ0) is 21.3. The van der Waals surface area contributed by atoms with Crippen LogP contribution >= 0.6 is 0 Å². The van der Waals surface area contributed by atoms with Crippen LogP contribution in [0.25, 0.3) is 0 Å². The van der Waals surface area contributed by atoms with E-state index < -0.39 is 10.0 Å². The largest absolute Gasteiger partial charge is 0.493 e. The molecule has 0 spiro atoms. The molecule has 2 bridgehead atoms. The van der Waals surface area contributed by atoms with E-state index in [1.807, 2.05) is 0 Å². The van der Waals surface area contributed by atoms with Gasteiger partial charge in [0.2, 0.25) is 10.0 Å². The normalized spacial score (nSPS) is 34.4. The minimum absolute atomic E-state index is 0.0399. The van der Waals surface area contributed by atoms with Crippen molar-refractivity contribution >= 4 is 10.0 Å². The van der Waals surface area contributed by atoms with Gasteiger partial charge >= 0.3 is 0 Å². The van der Waals surface area contributed by atoms with Crippen LogP contribution < -0.4 is 9.46 Å². The fraction of sp³-hybridized carbons (Fsp3) is 0.760. The molecule has 6 heteroatoms. The van der Waals surface area contributed by atoms with Crippen molar-refractivity contribution in [3.05, 3.63) is 29.8 Å². The van der Waals surface area contributed by atoms with Crippen molar-refractivity contribution in [3.8, 4) is 5.75 Å². The van der Waals surface area contributed by atoms with Crippen molar-refractivity contribution in [2.45, 2.75) is 82.3 Å². The first-order chi connectivity index (χ1) is 15.1. The van der Waals surface area contributed by atoms with Gasteiger partial charge in [-0.1, -0.05) is 31.0 Å². The Morgan fingerprint density at radius 1 is 0.903 bits per heavy atom. The number of hydrogen-bond donors (Lipinski definition) is 1. The number of sulfonamides is 1. The van der Waals surface area contributed by atoms with Crippen molar-refractivity contribution in [3.63, 3.8) is 0 Å². The minimum atomic E-state index is -3.25. The van der Waals surface area contributed by atoms with Gasteiger partial charge in [0.05, 0.1) is 25.1 Å². The summed E-state index contributed by atoms with van der Waals surface area (Å²) in [5.41, 5.74) is 1.34. The predicted molar refractivity (Wildman–Crippen MR) is 122 cm³/mol. The van der Waals surface area contributed by atoms with Crippen molar-refractivity contribution in [2.75, 3.05) is 19.0 Å². The summed E-state index contributed by atoms with van der Waals surface area (Å²) in [7, 11) is -3.25. The van der Waals surface area contributed by atoms with Crippen molar-refractivity contribution < 1.29 is 17.9 Å². The molecule has 172 valence electrons. The summed E-state index contributed by atoms with van der Waals surface area (Å²) in [6.45, 7) is 1.28. The molecule has 0 amide bonds. The Kier molecular flexibility index (Phi) is 6.59. The lowest BCUT2D eigenvalue weighted by atomic mass is 9.76. The van der Waals surface area contributed by atoms with Crippen molar-refractivity contribution in [2.24, 2.45) is 17.8 Å². The average Bonchev–Trinajstić information content (AvgIpc) is 2.74. The van der Waals surface area contributed by atoms with E-state index in [4.69, 9.17) is 9.47 Å². The quantitative estimate of drug-likeness (QED) is 0.731. The molecule has 1 N–H and O–H groups in total. The highest BCUT2D eigenvalue weighted by molar-refractivity contribution is 7.89. The lowest BCUT2D eigenvalue weighted by Crippen LogP contribution is -2.50. The molecule has 2 aliphatic heterocycles. The molecule has 3 aliphatic carbocycles. The molecular weight excluding hydrogens is 410 g/mol. The topological polar surface area (TPSA) is 64.6 Å². The van der Waals surface area contributed by atoms with E-state index in [9.17, 15) is 8.42 Å². The number of benzene rings is 1. The maximum Gasteiger partial charge on any atom is 0.212 e. The summed E-state index contributed by atoms with van der Waals surface area (Å²) in [4.78, 5) is 0. The van der Waals surface area contributed by atoms with E-state index in [0.29, 0.717) is 37.1 Å². The fourth-order valence-corrected chi connectivity index (χ4v) is 7.95. The third-order valence-electron chi connectivity index (χ3n) is 8.23. The Labute approximate surface area is 187 Å². The smallest absolute Gasteiger partial charge is 0.212 e. The van der Waals surface area contributed by atoms with E-state index >= 15 is 0 Å². The standard InChI is InChI=1S/C25H37NO4S/c27-31(28,17-18-5-3-6-18)26-24-9-4-7-20-15-30-25-10-2-1-8-22(25)19-11-13-21(14-12-19)29-16-23(20)24/h1-2,8,10,18-21,23-24,26H,3-7,9,11-17H2/t19-,20?,21+,23-,24+/m1/s1. The Hall–Kier alpha value is -1.11. The molecule has 1 aromatic rings. The van der Waals surface area contributed by atoms with E-state index in [2.05, 4.69) is 29.0 Å². The van der Waals surface area contributed by atoms with Gasteiger partial charge in [-0.2, -0.15) is 0 Å².